The first-order valence-electron chi connectivity index (χ1n) is 7.45. The Balaban J connectivity index is 1.67. The number of carbonyl (C=O) groups excluding carboxylic acids is 1. The fourth-order valence-corrected chi connectivity index (χ4v) is 2.92. The van der Waals surface area contributed by atoms with Crippen LogP contribution in [-0.4, -0.2) is 23.4 Å². The summed E-state index contributed by atoms with van der Waals surface area (Å²) in [5.74, 6) is 2.85. The minimum atomic E-state index is -0.164. The number of ether oxygens (including phenoxy) is 2. The molecule has 1 aromatic heterocycles. The van der Waals surface area contributed by atoms with Gasteiger partial charge in [-0.3, -0.25) is 4.79 Å². The molecule has 23 heavy (non-hydrogen) atoms. The van der Waals surface area contributed by atoms with Gasteiger partial charge in [-0.1, -0.05) is 6.07 Å². The van der Waals surface area contributed by atoms with Gasteiger partial charge in [0, 0.05) is 13.3 Å². The van der Waals surface area contributed by atoms with E-state index < -0.39 is 0 Å². The number of benzene rings is 1. The van der Waals surface area contributed by atoms with Crippen LogP contribution in [0.5, 0.6) is 11.5 Å². The van der Waals surface area contributed by atoms with Crippen LogP contribution in [0, 0.1) is 6.92 Å². The van der Waals surface area contributed by atoms with Gasteiger partial charge in [-0.05, 0) is 36.8 Å². The van der Waals surface area contributed by atoms with Crippen molar-refractivity contribution in [2.45, 2.75) is 26.3 Å². The lowest BCUT2D eigenvalue weighted by Crippen LogP contribution is -2.24. The van der Waals surface area contributed by atoms with Crippen LogP contribution in [0.25, 0.3) is 0 Å². The number of aryl methyl sites for hydroxylation is 1. The van der Waals surface area contributed by atoms with E-state index in [-0.39, 0.29) is 18.7 Å². The zero-order valence-electron chi connectivity index (χ0n) is 12.9. The number of hydrogen-bond donors (Lipinski definition) is 0. The summed E-state index contributed by atoms with van der Waals surface area (Å²) in [7, 11) is 0. The van der Waals surface area contributed by atoms with Crippen molar-refractivity contribution in [3.63, 3.8) is 0 Å². The van der Waals surface area contributed by atoms with Crippen molar-refractivity contribution in [1.82, 2.24) is 5.01 Å². The van der Waals surface area contributed by atoms with Crippen LogP contribution in [0.3, 0.4) is 0 Å². The first kappa shape index (κ1) is 13.9. The second kappa shape index (κ2) is 5.15. The highest BCUT2D eigenvalue weighted by Gasteiger charge is 2.33. The maximum Gasteiger partial charge on any atom is 0.240 e. The molecule has 1 atom stereocenters. The Morgan fingerprint density at radius 3 is 2.78 bits per heavy atom. The molecular weight excluding hydrogens is 296 g/mol. The summed E-state index contributed by atoms with van der Waals surface area (Å²) in [5.41, 5.74) is 1.74. The average Bonchev–Trinajstić information content (AvgIpc) is 3.24. The van der Waals surface area contributed by atoms with Crippen LogP contribution in [0.15, 0.2) is 39.9 Å². The Bertz CT molecular complexity index is 809. The van der Waals surface area contributed by atoms with Crippen LogP contribution in [0.4, 0.5) is 0 Å². The lowest BCUT2D eigenvalue weighted by atomic mass is 10.0. The highest BCUT2D eigenvalue weighted by Crippen LogP contribution is 2.39. The quantitative estimate of drug-likeness (QED) is 0.855. The first-order chi connectivity index (χ1) is 11.1. The van der Waals surface area contributed by atoms with Crippen molar-refractivity contribution in [3.8, 4) is 11.5 Å². The summed E-state index contributed by atoms with van der Waals surface area (Å²) in [6, 6.07) is 9.33. The van der Waals surface area contributed by atoms with Crippen molar-refractivity contribution < 1.29 is 18.7 Å². The van der Waals surface area contributed by atoms with E-state index in [9.17, 15) is 4.79 Å². The molecule has 2 aliphatic heterocycles. The molecule has 0 saturated carbocycles. The third-order valence-electron chi connectivity index (χ3n) is 4.04. The summed E-state index contributed by atoms with van der Waals surface area (Å²) < 4.78 is 16.4. The third-order valence-corrected chi connectivity index (χ3v) is 4.04. The summed E-state index contributed by atoms with van der Waals surface area (Å²) in [4.78, 5) is 12.0. The minimum absolute atomic E-state index is 0.106. The second-order valence-corrected chi connectivity index (χ2v) is 5.65. The van der Waals surface area contributed by atoms with E-state index in [1.807, 2.05) is 37.3 Å². The van der Waals surface area contributed by atoms with Crippen LogP contribution < -0.4 is 9.47 Å². The van der Waals surface area contributed by atoms with E-state index in [4.69, 9.17) is 13.9 Å². The van der Waals surface area contributed by atoms with Gasteiger partial charge in [0.1, 0.15) is 17.2 Å². The topological polar surface area (TPSA) is 64.3 Å². The molecule has 0 spiro atoms. The molecule has 2 aliphatic rings. The van der Waals surface area contributed by atoms with Gasteiger partial charge < -0.3 is 13.9 Å². The molecule has 6 heteroatoms. The van der Waals surface area contributed by atoms with E-state index in [1.54, 1.807) is 0 Å². The van der Waals surface area contributed by atoms with Crippen molar-refractivity contribution >= 4 is 11.6 Å². The minimum Gasteiger partial charge on any atom is -0.460 e. The van der Waals surface area contributed by atoms with Crippen LogP contribution in [0.2, 0.25) is 0 Å². The Morgan fingerprint density at radius 2 is 2.04 bits per heavy atom. The molecule has 0 unspecified atom stereocenters. The van der Waals surface area contributed by atoms with Gasteiger partial charge in [-0.2, -0.15) is 5.10 Å². The molecule has 0 N–H and O–H groups in total. The molecule has 4 rings (SSSR count). The van der Waals surface area contributed by atoms with Crippen molar-refractivity contribution in [2.24, 2.45) is 5.10 Å². The van der Waals surface area contributed by atoms with Crippen molar-refractivity contribution in [2.75, 3.05) is 6.79 Å². The average molecular weight is 312 g/mol. The van der Waals surface area contributed by atoms with Crippen LogP contribution >= 0.6 is 0 Å². The molecule has 6 nitrogen and oxygen atoms in total. The Hall–Kier alpha value is -2.76. The number of amides is 1. The summed E-state index contributed by atoms with van der Waals surface area (Å²) >= 11 is 0. The normalized spacial score (nSPS) is 19.1. The lowest BCUT2D eigenvalue weighted by Gasteiger charge is -2.20. The predicted octanol–water partition coefficient (Wildman–Crippen LogP) is 3.01. The molecule has 2 aromatic rings. The molecule has 0 bridgehead atoms. The van der Waals surface area contributed by atoms with E-state index in [0.717, 1.165) is 22.8 Å². The van der Waals surface area contributed by atoms with Gasteiger partial charge in [0.25, 0.3) is 0 Å². The summed E-state index contributed by atoms with van der Waals surface area (Å²) in [6.07, 6.45) is 0.603. The smallest absolute Gasteiger partial charge is 0.240 e. The largest absolute Gasteiger partial charge is 0.460 e. The Labute approximate surface area is 133 Å². The van der Waals surface area contributed by atoms with Crippen LogP contribution in [0.1, 0.15) is 36.5 Å². The Morgan fingerprint density at radius 1 is 1.22 bits per heavy atom. The molecule has 0 saturated heterocycles. The SMILES string of the molecule is CC(=O)N1N=C(c2ccc(C)o2)C[C@H]1c1ccc2c(c1)OCO2. The number of hydrazone groups is 1. The lowest BCUT2D eigenvalue weighted by molar-refractivity contribution is -0.130. The van der Waals surface area contributed by atoms with Gasteiger partial charge in [-0.25, -0.2) is 5.01 Å². The molecule has 0 aliphatic carbocycles. The van der Waals surface area contributed by atoms with E-state index in [0.29, 0.717) is 17.9 Å². The monoisotopic (exact) mass is 312 g/mol. The third kappa shape index (κ3) is 2.36. The Kier molecular flexibility index (Phi) is 3.11. The zero-order valence-corrected chi connectivity index (χ0v) is 12.9. The predicted molar refractivity (Wildman–Crippen MR) is 82.4 cm³/mol. The van der Waals surface area contributed by atoms with E-state index in [2.05, 4.69) is 5.10 Å². The van der Waals surface area contributed by atoms with Crippen LogP contribution in [-0.2, 0) is 4.79 Å². The number of furan rings is 1. The van der Waals surface area contributed by atoms with Gasteiger partial charge >= 0.3 is 0 Å². The second-order valence-electron chi connectivity index (χ2n) is 5.65. The molecular formula is C17H16N2O4. The van der Waals surface area contributed by atoms with Gasteiger partial charge in [0.05, 0.1) is 6.04 Å². The zero-order chi connectivity index (χ0) is 16.0. The van der Waals surface area contributed by atoms with Gasteiger partial charge in [-0.15, -0.1) is 0 Å². The molecule has 1 aromatic carbocycles. The number of fused-ring (bicyclic) bond motifs is 1. The molecule has 3 heterocycles. The molecule has 0 radical (unpaired) electrons. The maximum atomic E-state index is 12.0. The number of rotatable bonds is 2. The van der Waals surface area contributed by atoms with Crippen molar-refractivity contribution in [3.05, 3.63) is 47.4 Å². The number of carbonyl (C=O) groups is 1. The maximum absolute atomic E-state index is 12.0. The standard InChI is InChI=1S/C17H16N2O4/c1-10-3-5-15(23-10)13-8-14(19(18-13)11(2)20)12-4-6-16-17(7-12)22-9-21-16/h3-7,14H,8-9H2,1-2H3/t14-/m0/s1. The van der Waals surface area contributed by atoms with Gasteiger partial charge in [0.15, 0.2) is 11.5 Å². The van der Waals surface area contributed by atoms with E-state index >= 15 is 0 Å². The fraction of sp³-hybridized carbons (Fsp3) is 0.294. The number of hydrogen-bond acceptors (Lipinski definition) is 5. The highest BCUT2D eigenvalue weighted by molar-refractivity contribution is 6.01. The summed E-state index contributed by atoms with van der Waals surface area (Å²) in [6.45, 7) is 3.63. The molecule has 118 valence electrons. The number of nitrogens with zero attached hydrogens (tertiary/aromatic N) is 2. The highest BCUT2D eigenvalue weighted by atomic mass is 16.7. The fourth-order valence-electron chi connectivity index (χ4n) is 2.92. The van der Waals surface area contributed by atoms with Crippen molar-refractivity contribution in [1.29, 1.82) is 0 Å². The first-order valence-corrected chi connectivity index (χ1v) is 7.45. The summed E-state index contributed by atoms with van der Waals surface area (Å²) in [5, 5.41) is 5.96. The molecule has 1 amide bonds. The van der Waals surface area contributed by atoms with Gasteiger partial charge in [0.2, 0.25) is 12.7 Å². The molecule has 0 fully saturated rings. The van der Waals surface area contributed by atoms with E-state index in [1.165, 1.54) is 11.9 Å².